The number of aromatic nitrogens is 2. The van der Waals surface area contributed by atoms with E-state index in [2.05, 4.69) is 32.6 Å². The predicted octanol–water partition coefficient (Wildman–Crippen LogP) is 4.98. The van der Waals surface area contributed by atoms with Gasteiger partial charge in [-0.3, -0.25) is 9.63 Å². The fourth-order valence-electron chi connectivity index (χ4n) is 4.79. The van der Waals surface area contributed by atoms with Crippen LogP contribution in [0.4, 0.5) is 15.8 Å². The van der Waals surface area contributed by atoms with E-state index in [9.17, 15) is 4.79 Å². The molecule has 1 aliphatic heterocycles. The molecule has 3 aromatic rings. The Morgan fingerprint density at radius 2 is 1.92 bits per heavy atom. The van der Waals surface area contributed by atoms with Gasteiger partial charge in [0.1, 0.15) is 5.52 Å². The number of anilines is 2. The molecule has 0 spiro atoms. The van der Waals surface area contributed by atoms with Crippen LogP contribution in [0.5, 0.6) is 0 Å². The maximum Gasteiger partial charge on any atom is 0.277 e. The highest BCUT2D eigenvalue weighted by molar-refractivity contribution is 6.30. The van der Waals surface area contributed by atoms with Crippen molar-refractivity contribution in [1.82, 2.24) is 24.8 Å². The number of carbonyl (C=O) groups excluding carboxylic acids is 1. The largest absolute Gasteiger partial charge is 0.352 e. The second-order valence-electron chi connectivity index (χ2n) is 10.5. The van der Waals surface area contributed by atoms with Crippen molar-refractivity contribution in [3.05, 3.63) is 52.6 Å². The lowest BCUT2D eigenvalue weighted by Gasteiger charge is -2.32. The number of benzene rings is 2. The van der Waals surface area contributed by atoms with Crippen molar-refractivity contribution in [2.75, 3.05) is 51.7 Å². The topological polar surface area (TPSA) is 74.7 Å². The van der Waals surface area contributed by atoms with Gasteiger partial charge in [-0.25, -0.2) is 14.9 Å². The molecular weight excluding hydrogens is 507 g/mol. The molecule has 0 bridgehead atoms. The number of imidazole rings is 1. The van der Waals surface area contributed by atoms with E-state index in [1.807, 2.05) is 11.5 Å². The van der Waals surface area contributed by atoms with Crippen LogP contribution >= 0.6 is 11.6 Å². The second-order valence-corrected chi connectivity index (χ2v) is 11.0. The first-order valence-electron chi connectivity index (χ1n) is 13.4. The number of likely N-dealkylation sites (N-methyl/N-ethyl adjacent to an activating group) is 1. The molecular formula is C28H36ClFN6O2. The smallest absolute Gasteiger partial charge is 0.277 e. The van der Waals surface area contributed by atoms with E-state index in [1.165, 1.54) is 0 Å². The molecule has 1 aromatic heterocycles. The summed E-state index contributed by atoms with van der Waals surface area (Å²) in [6.45, 7) is 8.49. The van der Waals surface area contributed by atoms with Crippen LogP contribution in [-0.4, -0.2) is 71.6 Å². The number of aryl methyl sites for hydroxylation is 2. The third-order valence-electron chi connectivity index (χ3n) is 7.45. The minimum absolute atomic E-state index is 0.0655. The Labute approximate surface area is 228 Å². The van der Waals surface area contributed by atoms with Gasteiger partial charge in [0.2, 0.25) is 0 Å². The summed E-state index contributed by atoms with van der Waals surface area (Å²) < 4.78 is 17.9. The zero-order chi connectivity index (χ0) is 26.6. The molecule has 5 rings (SSSR count). The molecule has 1 amide bonds. The standard InChI is InChI=1S/C28H36ClFN6O2/c1-19-15-21(29)7-8-23(19)32-26-22(28(37)33-38-17-20-5-6-20)16-24-27(25(26)30)31-18-36(24)10-4-3-9-35-13-11-34(2)12-14-35/h7-8,15-16,18,20,32H,3-6,9-14,17H2,1-2H3,(H,33,37). The second kappa shape index (κ2) is 12.0. The number of nitrogens with zero attached hydrogens (tertiary/aromatic N) is 4. The lowest BCUT2D eigenvalue weighted by molar-refractivity contribution is 0.0271. The number of halogens is 2. The summed E-state index contributed by atoms with van der Waals surface area (Å²) in [6.07, 6.45) is 5.85. The molecule has 0 atom stereocenters. The van der Waals surface area contributed by atoms with Gasteiger partial charge in [-0.2, -0.15) is 0 Å². The van der Waals surface area contributed by atoms with Gasteiger partial charge in [-0.1, -0.05) is 11.6 Å². The molecule has 2 heterocycles. The van der Waals surface area contributed by atoms with E-state index < -0.39 is 11.7 Å². The Bertz CT molecular complexity index is 1290. The number of hydrogen-bond acceptors (Lipinski definition) is 6. The van der Waals surface area contributed by atoms with Crippen LogP contribution in [0.25, 0.3) is 11.0 Å². The fraction of sp³-hybridized carbons (Fsp3) is 0.500. The van der Waals surface area contributed by atoms with Crippen molar-refractivity contribution in [3.63, 3.8) is 0 Å². The molecule has 0 radical (unpaired) electrons. The third-order valence-corrected chi connectivity index (χ3v) is 7.68. The summed E-state index contributed by atoms with van der Waals surface area (Å²) in [5, 5.41) is 3.70. The number of amides is 1. The highest BCUT2D eigenvalue weighted by Gasteiger charge is 2.25. The number of rotatable bonds is 11. The highest BCUT2D eigenvalue weighted by Crippen LogP contribution is 2.33. The Hall–Kier alpha value is -2.72. The van der Waals surface area contributed by atoms with E-state index in [0.29, 0.717) is 35.3 Å². The van der Waals surface area contributed by atoms with Crippen molar-refractivity contribution in [1.29, 1.82) is 0 Å². The number of carbonyl (C=O) groups is 1. The van der Waals surface area contributed by atoms with Crippen molar-refractivity contribution in [2.24, 2.45) is 5.92 Å². The average molecular weight is 543 g/mol. The van der Waals surface area contributed by atoms with Gasteiger partial charge < -0.3 is 19.7 Å². The monoisotopic (exact) mass is 542 g/mol. The van der Waals surface area contributed by atoms with E-state index >= 15 is 4.39 Å². The van der Waals surface area contributed by atoms with Crippen LogP contribution in [-0.2, 0) is 11.4 Å². The number of piperazine rings is 1. The summed E-state index contributed by atoms with van der Waals surface area (Å²) >= 11 is 6.10. The number of unbranched alkanes of at least 4 members (excludes halogenated alkanes) is 1. The first-order chi connectivity index (χ1) is 18.4. The SMILES string of the molecule is Cc1cc(Cl)ccc1Nc1c(C(=O)NOCC2CC2)cc2c(ncn2CCCCN2CCN(C)CC2)c1F. The number of hydroxylamine groups is 1. The molecule has 1 aliphatic carbocycles. The van der Waals surface area contributed by atoms with Crippen LogP contribution in [0.1, 0.15) is 41.6 Å². The Morgan fingerprint density at radius 1 is 1.16 bits per heavy atom. The number of nitrogens with one attached hydrogen (secondary N) is 2. The van der Waals surface area contributed by atoms with Crippen molar-refractivity contribution in [2.45, 2.75) is 39.2 Å². The minimum Gasteiger partial charge on any atom is -0.352 e. The normalized spacial score (nSPS) is 16.7. The van der Waals surface area contributed by atoms with Crippen molar-refractivity contribution in [3.8, 4) is 0 Å². The van der Waals surface area contributed by atoms with Gasteiger partial charge >= 0.3 is 0 Å². The first-order valence-corrected chi connectivity index (χ1v) is 13.8. The molecule has 2 N–H and O–H groups in total. The van der Waals surface area contributed by atoms with Crippen LogP contribution in [0.2, 0.25) is 5.02 Å². The van der Waals surface area contributed by atoms with Crippen LogP contribution in [0.15, 0.2) is 30.6 Å². The number of hydrogen-bond donors (Lipinski definition) is 2. The summed E-state index contributed by atoms with van der Waals surface area (Å²) in [5.74, 6) is -0.583. The lowest BCUT2D eigenvalue weighted by atomic mass is 10.1. The predicted molar refractivity (Wildman–Crippen MR) is 148 cm³/mol. The summed E-state index contributed by atoms with van der Waals surface area (Å²) in [6, 6.07) is 6.99. The van der Waals surface area contributed by atoms with Crippen molar-refractivity contribution < 1.29 is 14.0 Å². The van der Waals surface area contributed by atoms with E-state index in [4.69, 9.17) is 16.4 Å². The van der Waals surface area contributed by atoms with Crippen LogP contribution in [0, 0.1) is 18.7 Å². The molecule has 8 nitrogen and oxygen atoms in total. The Balaban J connectivity index is 1.35. The average Bonchev–Trinajstić information content (AvgIpc) is 3.63. The molecule has 0 unspecified atom stereocenters. The molecule has 204 valence electrons. The molecule has 38 heavy (non-hydrogen) atoms. The van der Waals surface area contributed by atoms with E-state index in [0.717, 1.165) is 64.0 Å². The molecule has 2 fully saturated rings. The number of fused-ring (bicyclic) bond motifs is 1. The van der Waals surface area contributed by atoms with Gasteiger partial charge in [0.05, 0.1) is 29.7 Å². The third kappa shape index (κ3) is 6.46. The molecule has 2 aromatic carbocycles. The quantitative estimate of drug-likeness (QED) is 0.263. The zero-order valence-electron chi connectivity index (χ0n) is 22.1. The molecule has 10 heteroatoms. The van der Waals surface area contributed by atoms with Crippen LogP contribution < -0.4 is 10.8 Å². The Kier molecular flexibility index (Phi) is 8.48. The summed E-state index contributed by atoms with van der Waals surface area (Å²) in [5.41, 5.74) is 5.05. The van der Waals surface area contributed by atoms with Gasteiger partial charge in [-0.05, 0) is 81.9 Å². The highest BCUT2D eigenvalue weighted by atomic mass is 35.5. The van der Waals surface area contributed by atoms with Gasteiger partial charge in [-0.15, -0.1) is 0 Å². The maximum atomic E-state index is 15.9. The molecule has 1 saturated heterocycles. The minimum atomic E-state index is -0.569. The molecule has 2 aliphatic rings. The van der Waals surface area contributed by atoms with Crippen molar-refractivity contribution >= 4 is 39.9 Å². The van der Waals surface area contributed by atoms with E-state index in [-0.39, 0.29) is 16.8 Å². The first kappa shape index (κ1) is 26.9. The van der Waals surface area contributed by atoms with Gasteiger partial charge in [0.15, 0.2) is 5.82 Å². The maximum absolute atomic E-state index is 15.9. The summed E-state index contributed by atoms with van der Waals surface area (Å²) in [4.78, 5) is 27.8. The van der Waals surface area contributed by atoms with Gasteiger partial charge in [0, 0.05) is 43.4 Å². The Morgan fingerprint density at radius 3 is 2.66 bits per heavy atom. The van der Waals surface area contributed by atoms with E-state index in [1.54, 1.807) is 30.6 Å². The van der Waals surface area contributed by atoms with Gasteiger partial charge in [0.25, 0.3) is 5.91 Å². The summed E-state index contributed by atoms with van der Waals surface area (Å²) in [7, 11) is 2.16. The molecule has 1 saturated carbocycles. The fourth-order valence-corrected chi connectivity index (χ4v) is 5.02. The lowest BCUT2D eigenvalue weighted by Crippen LogP contribution is -2.44. The zero-order valence-corrected chi connectivity index (χ0v) is 22.9. The van der Waals surface area contributed by atoms with Crippen LogP contribution in [0.3, 0.4) is 0 Å².